The van der Waals surface area contributed by atoms with Crippen molar-refractivity contribution >= 4 is 11.7 Å². The van der Waals surface area contributed by atoms with Gasteiger partial charge in [-0.2, -0.15) is 0 Å². The van der Waals surface area contributed by atoms with Gasteiger partial charge < -0.3 is 5.32 Å². The van der Waals surface area contributed by atoms with E-state index in [9.17, 15) is 9.59 Å². The number of allylic oxidation sites excluding steroid dienone is 1. The molecule has 0 aromatic rings. The summed E-state index contributed by atoms with van der Waals surface area (Å²) in [5.74, 6) is 0.0984. The lowest BCUT2D eigenvalue weighted by Crippen LogP contribution is -2.28. The van der Waals surface area contributed by atoms with Gasteiger partial charge in [-0.05, 0) is 12.8 Å². The van der Waals surface area contributed by atoms with Gasteiger partial charge in [-0.15, -0.1) is 0 Å². The zero-order valence-electron chi connectivity index (χ0n) is 6.68. The Morgan fingerprint density at radius 1 is 1.73 bits per heavy atom. The van der Waals surface area contributed by atoms with Crippen LogP contribution in [0.1, 0.15) is 20.3 Å². The molecule has 3 heteroatoms. The van der Waals surface area contributed by atoms with Crippen LogP contribution >= 0.6 is 0 Å². The van der Waals surface area contributed by atoms with Gasteiger partial charge in [-0.1, -0.05) is 6.92 Å². The molecule has 3 nitrogen and oxygen atoms in total. The molecule has 1 unspecified atom stereocenters. The molecule has 0 aromatic heterocycles. The van der Waals surface area contributed by atoms with E-state index in [4.69, 9.17) is 0 Å². The SMILES string of the molecule is CC(=O)C1=CNC(=O)CC1C. The molecule has 1 aliphatic rings. The molecule has 1 amide bonds. The van der Waals surface area contributed by atoms with Gasteiger partial charge in [0.05, 0.1) is 0 Å². The van der Waals surface area contributed by atoms with Crippen molar-refractivity contribution in [3.05, 3.63) is 11.8 Å². The molecular formula is C8H11NO2. The van der Waals surface area contributed by atoms with Gasteiger partial charge in [0.15, 0.2) is 5.78 Å². The molecule has 0 fully saturated rings. The average molecular weight is 153 g/mol. The number of carbonyl (C=O) groups excluding carboxylic acids is 2. The Morgan fingerprint density at radius 2 is 2.36 bits per heavy atom. The van der Waals surface area contributed by atoms with E-state index < -0.39 is 0 Å². The van der Waals surface area contributed by atoms with Crippen molar-refractivity contribution in [2.24, 2.45) is 5.92 Å². The van der Waals surface area contributed by atoms with Crippen LogP contribution in [0.2, 0.25) is 0 Å². The summed E-state index contributed by atoms with van der Waals surface area (Å²) in [5, 5.41) is 2.52. The molecule has 0 aromatic carbocycles. The number of amides is 1. The van der Waals surface area contributed by atoms with Crippen LogP contribution in [0.15, 0.2) is 11.8 Å². The first-order valence-corrected chi connectivity index (χ1v) is 3.61. The average Bonchev–Trinajstić information content (AvgIpc) is 1.85. The van der Waals surface area contributed by atoms with E-state index >= 15 is 0 Å². The summed E-state index contributed by atoms with van der Waals surface area (Å²) in [6, 6.07) is 0. The van der Waals surface area contributed by atoms with Crippen LogP contribution in [0.25, 0.3) is 0 Å². The second-order valence-corrected chi connectivity index (χ2v) is 2.83. The highest BCUT2D eigenvalue weighted by Gasteiger charge is 2.20. The quantitative estimate of drug-likeness (QED) is 0.600. The molecule has 1 rings (SSSR count). The molecule has 0 bridgehead atoms. The third-order valence-corrected chi connectivity index (χ3v) is 1.82. The molecular weight excluding hydrogens is 142 g/mol. The Kier molecular flexibility index (Phi) is 2.08. The maximum absolute atomic E-state index is 10.9. The predicted octanol–water partition coefficient (Wildman–Crippen LogP) is 0.615. The summed E-state index contributed by atoms with van der Waals surface area (Å²) in [7, 11) is 0. The summed E-state index contributed by atoms with van der Waals surface area (Å²) in [6.07, 6.45) is 1.93. The van der Waals surface area contributed by atoms with Crippen LogP contribution in [0.4, 0.5) is 0 Å². The molecule has 11 heavy (non-hydrogen) atoms. The lowest BCUT2D eigenvalue weighted by molar-refractivity contribution is -0.121. The van der Waals surface area contributed by atoms with Gasteiger partial charge in [-0.25, -0.2) is 0 Å². The molecule has 0 radical (unpaired) electrons. The van der Waals surface area contributed by atoms with Crippen molar-refractivity contribution < 1.29 is 9.59 Å². The third kappa shape index (κ3) is 1.67. The standard InChI is InChI=1S/C8H11NO2/c1-5-3-8(11)9-4-7(5)6(2)10/h4-5H,3H2,1-2H3,(H,9,11). The van der Waals surface area contributed by atoms with Crippen molar-refractivity contribution in [1.82, 2.24) is 5.32 Å². The summed E-state index contributed by atoms with van der Waals surface area (Å²) in [5.41, 5.74) is 0.713. The molecule has 1 heterocycles. The number of carbonyl (C=O) groups is 2. The monoisotopic (exact) mass is 153 g/mol. The zero-order valence-corrected chi connectivity index (χ0v) is 6.68. The fourth-order valence-corrected chi connectivity index (χ4v) is 1.20. The highest BCUT2D eigenvalue weighted by atomic mass is 16.1. The molecule has 1 N–H and O–H groups in total. The Morgan fingerprint density at radius 3 is 2.82 bits per heavy atom. The third-order valence-electron chi connectivity index (χ3n) is 1.82. The van der Waals surface area contributed by atoms with Crippen LogP contribution in [-0.2, 0) is 9.59 Å². The van der Waals surface area contributed by atoms with E-state index in [1.807, 2.05) is 6.92 Å². The minimum Gasteiger partial charge on any atom is -0.332 e. The van der Waals surface area contributed by atoms with Crippen molar-refractivity contribution in [2.45, 2.75) is 20.3 Å². The van der Waals surface area contributed by atoms with Gasteiger partial charge in [0.25, 0.3) is 0 Å². The number of ketones is 1. The normalized spacial score (nSPS) is 24.0. The van der Waals surface area contributed by atoms with Gasteiger partial charge in [0.1, 0.15) is 0 Å². The van der Waals surface area contributed by atoms with E-state index in [1.165, 1.54) is 13.1 Å². The lowest BCUT2D eigenvalue weighted by Gasteiger charge is -2.17. The van der Waals surface area contributed by atoms with Crippen LogP contribution in [0.3, 0.4) is 0 Å². The van der Waals surface area contributed by atoms with Crippen molar-refractivity contribution in [1.29, 1.82) is 0 Å². The molecule has 1 aliphatic heterocycles. The Bertz CT molecular complexity index is 230. The Labute approximate surface area is 65.5 Å². The summed E-state index contributed by atoms with van der Waals surface area (Å²) < 4.78 is 0. The first kappa shape index (κ1) is 7.98. The Hall–Kier alpha value is -1.12. The van der Waals surface area contributed by atoms with Crippen LogP contribution in [0, 0.1) is 5.92 Å². The van der Waals surface area contributed by atoms with Crippen LogP contribution in [0.5, 0.6) is 0 Å². The van der Waals surface area contributed by atoms with Crippen molar-refractivity contribution in [3.8, 4) is 0 Å². The fourth-order valence-electron chi connectivity index (χ4n) is 1.20. The zero-order chi connectivity index (χ0) is 8.43. The molecule has 0 saturated heterocycles. The minimum absolute atomic E-state index is 0.0116. The second kappa shape index (κ2) is 2.86. The predicted molar refractivity (Wildman–Crippen MR) is 40.7 cm³/mol. The first-order valence-electron chi connectivity index (χ1n) is 3.61. The minimum atomic E-state index is -0.0116. The van der Waals surface area contributed by atoms with Crippen molar-refractivity contribution in [2.75, 3.05) is 0 Å². The van der Waals surface area contributed by atoms with E-state index in [2.05, 4.69) is 5.32 Å². The maximum atomic E-state index is 10.9. The molecule has 0 spiro atoms. The highest BCUT2D eigenvalue weighted by molar-refractivity contribution is 5.96. The van der Waals surface area contributed by atoms with Gasteiger partial charge in [0.2, 0.25) is 5.91 Å². The second-order valence-electron chi connectivity index (χ2n) is 2.83. The number of Topliss-reactive ketones (excluding diaryl/α,β-unsaturated/α-hetero) is 1. The molecule has 0 aliphatic carbocycles. The first-order chi connectivity index (χ1) is 5.11. The smallest absolute Gasteiger partial charge is 0.224 e. The number of rotatable bonds is 1. The molecule has 0 saturated carbocycles. The van der Waals surface area contributed by atoms with E-state index in [0.717, 1.165) is 0 Å². The van der Waals surface area contributed by atoms with E-state index in [0.29, 0.717) is 12.0 Å². The molecule has 60 valence electrons. The topological polar surface area (TPSA) is 46.2 Å². The summed E-state index contributed by atoms with van der Waals surface area (Å²) >= 11 is 0. The van der Waals surface area contributed by atoms with Gasteiger partial charge in [0, 0.05) is 18.2 Å². The molecule has 1 atom stereocenters. The van der Waals surface area contributed by atoms with Gasteiger partial charge in [-0.3, -0.25) is 9.59 Å². The highest BCUT2D eigenvalue weighted by Crippen LogP contribution is 2.17. The largest absolute Gasteiger partial charge is 0.332 e. The summed E-state index contributed by atoms with van der Waals surface area (Å²) in [6.45, 7) is 3.39. The van der Waals surface area contributed by atoms with Crippen LogP contribution in [-0.4, -0.2) is 11.7 Å². The Balaban J connectivity index is 2.80. The number of hydrogen-bond acceptors (Lipinski definition) is 2. The van der Waals surface area contributed by atoms with E-state index in [1.54, 1.807) is 0 Å². The van der Waals surface area contributed by atoms with Gasteiger partial charge >= 0.3 is 0 Å². The van der Waals surface area contributed by atoms with Crippen molar-refractivity contribution in [3.63, 3.8) is 0 Å². The van der Waals surface area contributed by atoms with E-state index in [-0.39, 0.29) is 17.6 Å². The number of nitrogens with one attached hydrogen (secondary N) is 1. The summed E-state index contributed by atoms with van der Waals surface area (Å²) in [4.78, 5) is 21.7. The lowest BCUT2D eigenvalue weighted by atomic mass is 9.93. The maximum Gasteiger partial charge on any atom is 0.224 e. The van der Waals surface area contributed by atoms with Crippen LogP contribution < -0.4 is 5.32 Å². The number of hydrogen-bond donors (Lipinski definition) is 1. The fraction of sp³-hybridized carbons (Fsp3) is 0.500.